The maximum atomic E-state index is 13.1. The molecular formula is C13H16FNO4. The van der Waals surface area contributed by atoms with Gasteiger partial charge in [0.2, 0.25) is 0 Å². The molecule has 0 radical (unpaired) electrons. The lowest BCUT2D eigenvalue weighted by Crippen LogP contribution is -2.40. The van der Waals surface area contributed by atoms with Crippen molar-refractivity contribution < 1.29 is 23.8 Å². The number of carboxylic acid groups (broad SMARTS) is 1. The lowest BCUT2D eigenvalue weighted by atomic mass is 10.2. The topological polar surface area (TPSA) is 66.8 Å². The lowest BCUT2D eigenvalue weighted by molar-refractivity contribution is -0.135. The van der Waals surface area contributed by atoms with Gasteiger partial charge in [0.15, 0.2) is 0 Å². The lowest BCUT2D eigenvalue weighted by Gasteiger charge is -2.26. The number of carbonyl (C=O) groups is 2. The summed E-state index contributed by atoms with van der Waals surface area (Å²) in [5.41, 5.74) is -0.627. The molecule has 0 unspecified atom stereocenters. The molecule has 104 valence electrons. The number of rotatable bonds is 3. The number of carbonyl (C=O) groups excluding carboxylic acids is 1. The number of benzene rings is 1. The van der Waals surface area contributed by atoms with Crippen molar-refractivity contribution in [1.82, 2.24) is 0 Å². The van der Waals surface area contributed by atoms with Crippen LogP contribution in [0.4, 0.5) is 14.9 Å². The highest BCUT2D eigenvalue weighted by atomic mass is 19.1. The highest BCUT2D eigenvalue weighted by Gasteiger charge is 2.25. The molecular weight excluding hydrogens is 253 g/mol. The second-order valence-electron chi connectivity index (χ2n) is 4.94. The molecule has 0 saturated heterocycles. The Hall–Kier alpha value is -2.11. The quantitative estimate of drug-likeness (QED) is 0.916. The van der Waals surface area contributed by atoms with Gasteiger partial charge >= 0.3 is 12.1 Å². The first-order chi connectivity index (χ1) is 8.69. The van der Waals surface area contributed by atoms with Gasteiger partial charge in [-0.15, -0.1) is 0 Å². The van der Waals surface area contributed by atoms with E-state index in [0.717, 1.165) is 11.0 Å². The van der Waals surface area contributed by atoms with Crippen molar-refractivity contribution in [3.63, 3.8) is 0 Å². The summed E-state index contributed by atoms with van der Waals surface area (Å²) < 4.78 is 18.2. The SMILES string of the molecule is CC(C)(C)OC(=O)N(CC(=O)O)c1cccc(F)c1. The second kappa shape index (κ2) is 5.69. The normalized spacial score (nSPS) is 10.9. The maximum absolute atomic E-state index is 13.1. The fourth-order valence-electron chi connectivity index (χ4n) is 1.36. The molecule has 0 bridgehead atoms. The van der Waals surface area contributed by atoms with Crippen LogP contribution in [0.1, 0.15) is 20.8 Å². The van der Waals surface area contributed by atoms with E-state index in [9.17, 15) is 14.0 Å². The Morgan fingerprint density at radius 2 is 2.00 bits per heavy atom. The molecule has 1 aromatic rings. The predicted molar refractivity (Wildman–Crippen MR) is 67.6 cm³/mol. The summed E-state index contributed by atoms with van der Waals surface area (Å²) in [7, 11) is 0. The van der Waals surface area contributed by atoms with E-state index in [-0.39, 0.29) is 5.69 Å². The molecule has 0 saturated carbocycles. The minimum atomic E-state index is -1.21. The fourth-order valence-corrected chi connectivity index (χ4v) is 1.36. The largest absolute Gasteiger partial charge is 0.480 e. The zero-order valence-electron chi connectivity index (χ0n) is 11.0. The maximum Gasteiger partial charge on any atom is 0.415 e. The van der Waals surface area contributed by atoms with Crippen molar-refractivity contribution in [1.29, 1.82) is 0 Å². The number of carboxylic acids is 1. The fraction of sp³-hybridized carbons (Fsp3) is 0.385. The van der Waals surface area contributed by atoms with Gasteiger partial charge in [0.25, 0.3) is 0 Å². The van der Waals surface area contributed by atoms with Gasteiger partial charge in [-0.3, -0.25) is 9.69 Å². The van der Waals surface area contributed by atoms with Crippen LogP contribution in [0.15, 0.2) is 24.3 Å². The Labute approximate surface area is 110 Å². The van der Waals surface area contributed by atoms with Crippen molar-refractivity contribution >= 4 is 17.7 Å². The van der Waals surface area contributed by atoms with Crippen molar-refractivity contribution in [2.75, 3.05) is 11.4 Å². The van der Waals surface area contributed by atoms with Crippen LogP contribution in [0.3, 0.4) is 0 Å². The van der Waals surface area contributed by atoms with Crippen molar-refractivity contribution in [3.05, 3.63) is 30.1 Å². The van der Waals surface area contributed by atoms with Crippen LogP contribution in [-0.4, -0.2) is 29.3 Å². The van der Waals surface area contributed by atoms with Gasteiger partial charge in [0.1, 0.15) is 18.0 Å². The van der Waals surface area contributed by atoms with Crippen LogP contribution in [0.2, 0.25) is 0 Å². The second-order valence-corrected chi connectivity index (χ2v) is 4.94. The van der Waals surface area contributed by atoms with Crippen LogP contribution in [-0.2, 0) is 9.53 Å². The van der Waals surface area contributed by atoms with Gasteiger partial charge in [-0.25, -0.2) is 9.18 Å². The highest BCUT2D eigenvalue weighted by molar-refractivity contribution is 5.93. The summed E-state index contributed by atoms with van der Waals surface area (Å²) in [6, 6.07) is 5.12. The Bertz CT molecular complexity index is 482. The van der Waals surface area contributed by atoms with Gasteiger partial charge in [0, 0.05) is 0 Å². The van der Waals surface area contributed by atoms with E-state index >= 15 is 0 Å². The first-order valence-electron chi connectivity index (χ1n) is 5.67. The van der Waals surface area contributed by atoms with E-state index < -0.39 is 30.0 Å². The number of halogens is 1. The molecule has 0 aliphatic heterocycles. The van der Waals surface area contributed by atoms with Gasteiger partial charge in [-0.05, 0) is 39.0 Å². The standard InChI is InChI=1S/C13H16FNO4/c1-13(2,3)19-12(18)15(8-11(16)17)10-6-4-5-9(14)7-10/h4-7H,8H2,1-3H3,(H,16,17). The molecule has 6 heteroatoms. The van der Waals surface area contributed by atoms with Crippen LogP contribution >= 0.6 is 0 Å². The van der Waals surface area contributed by atoms with Gasteiger partial charge in [0.05, 0.1) is 5.69 Å². The van der Waals surface area contributed by atoms with E-state index in [4.69, 9.17) is 9.84 Å². The Morgan fingerprint density at radius 1 is 1.37 bits per heavy atom. The van der Waals surface area contributed by atoms with E-state index in [2.05, 4.69) is 0 Å². The summed E-state index contributed by atoms with van der Waals surface area (Å²) in [5, 5.41) is 8.82. The zero-order chi connectivity index (χ0) is 14.6. The molecule has 1 N–H and O–H groups in total. The number of anilines is 1. The number of nitrogens with zero attached hydrogens (tertiary/aromatic N) is 1. The number of hydrogen-bond acceptors (Lipinski definition) is 3. The molecule has 0 aliphatic carbocycles. The molecule has 1 amide bonds. The molecule has 19 heavy (non-hydrogen) atoms. The zero-order valence-corrected chi connectivity index (χ0v) is 11.0. The first-order valence-corrected chi connectivity index (χ1v) is 5.67. The molecule has 1 rings (SSSR count). The summed E-state index contributed by atoms with van der Waals surface area (Å²) >= 11 is 0. The van der Waals surface area contributed by atoms with Crippen LogP contribution in [0.5, 0.6) is 0 Å². The number of aliphatic carboxylic acids is 1. The average molecular weight is 269 g/mol. The first kappa shape index (κ1) is 14.9. The average Bonchev–Trinajstić information content (AvgIpc) is 2.23. The van der Waals surface area contributed by atoms with Gasteiger partial charge in [-0.2, -0.15) is 0 Å². The number of amides is 1. The third kappa shape index (κ3) is 4.95. The Balaban J connectivity index is 3.01. The predicted octanol–water partition coefficient (Wildman–Crippen LogP) is 2.65. The summed E-state index contributed by atoms with van der Waals surface area (Å²) in [6.07, 6.45) is -0.833. The number of hydrogen-bond donors (Lipinski definition) is 1. The van der Waals surface area contributed by atoms with Crippen molar-refractivity contribution in [3.8, 4) is 0 Å². The molecule has 5 nitrogen and oxygen atoms in total. The molecule has 0 atom stereocenters. The van der Waals surface area contributed by atoms with E-state index in [1.54, 1.807) is 20.8 Å². The summed E-state index contributed by atoms with van der Waals surface area (Å²) in [6.45, 7) is 4.39. The number of ether oxygens (including phenoxy) is 1. The third-order valence-electron chi connectivity index (χ3n) is 2.03. The monoisotopic (exact) mass is 269 g/mol. The van der Waals surface area contributed by atoms with Crippen LogP contribution in [0, 0.1) is 5.82 Å². The van der Waals surface area contributed by atoms with Gasteiger partial charge < -0.3 is 9.84 Å². The van der Waals surface area contributed by atoms with Crippen molar-refractivity contribution in [2.45, 2.75) is 26.4 Å². The minimum Gasteiger partial charge on any atom is -0.480 e. The molecule has 1 aromatic carbocycles. The van der Waals surface area contributed by atoms with E-state index in [0.29, 0.717) is 0 Å². The third-order valence-corrected chi connectivity index (χ3v) is 2.03. The molecule has 0 aromatic heterocycles. The summed E-state index contributed by atoms with van der Waals surface area (Å²) in [4.78, 5) is 23.6. The summed E-state index contributed by atoms with van der Waals surface area (Å²) in [5.74, 6) is -1.77. The van der Waals surface area contributed by atoms with Gasteiger partial charge in [-0.1, -0.05) is 6.07 Å². The molecule has 0 spiro atoms. The smallest absolute Gasteiger partial charge is 0.415 e. The minimum absolute atomic E-state index is 0.136. The van der Waals surface area contributed by atoms with E-state index in [1.165, 1.54) is 18.2 Å². The highest BCUT2D eigenvalue weighted by Crippen LogP contribution is 2.19. The van der Waals surface area contributed by atoms with E-state index in [1.807, 2.05) is 0 Å². The van der Waals surface area contributed by atoms with Crippen molar-refractivity contribution in [2.24, 2.45) is 0 Å². The molecule has 0 heterocycles. The molecule has 0 fully saturated rings. The van der Waals surface area contributed by atoms with Crippen LogP contribution < -0.4 is 4.90 Å². The Kier molecular flexibility index (Phi) is 4.47. The molecule has 0 aliphatic rings. The van der Waals surface area contributed by atoms with Crippen LogP contribution in [0.25, 0.3) is 0 Å². The Morgan fingerprint density at radius 3 is 2.47 bits per heavy atom.